The maximum atomic E-state index is 3.46. The molecule has 1 nitrogen and oxygen atoms in total. The first-order chi connectivity index (χ1) is 6.02. The molecule has 0 amide bonds. The van der Waals surface area contributed by atoms with Crippen LogP contribution in [0, 0.1) is 5.92 Å². The minimum Gasteiger partial charge on any atom is -0.313 e. The third-order valence-corrected chi connectivity index (χ3v) is 3.12. The molecule has 13 heavy (non-hydrogen) atoms. The molecule has 0 saturated carbocycles. The monoisotopic (exact) mass is 203 g/mol. The Morgan fingerprint density at radius 1 is 1.08 bits per heavy atom. The third-order valence-electron chi connectivity index (χ3n) is 1.91. The molecule has 0 aromatic carbocycles. The first-order valence-corrected chi connectivity index (χ1v) is 6.42. The summed E-state index contributed by atoms with van der Waals surface area (Å²) in [6, 6.07) is 0.619. The van der Waals surface area contributed by atoms with Crippen LogP contribution in [0.4, 0.5) is 0 Å². The third kappa shape index (κ3) is 10.2. The Labute approximate surface area is 88.1 Å². The van der Waals surface area contributed by atoms with Gasteiger partial charge in [0.2, 0.25) is 0 Å². The lowest BCUT2D eigenvalue weighted by molar-refractivity contribution is 0.587. The fourth-order valence-corrected chi connectivity index (χ4v) is 2.19. The lowest BCUT2D eigenvalue weighted by atomic mass is 10.2. The van der Waals surface area contributed by atoms with Gasteiger partial charge in [0, 0.05) is 17.8 Å². The Morgan fingerprint density at radius 3 is 2.15 bits per heavy atom. The molecular formula is C11H25NS. The van der Waals surface area contributed by atoms with Gasteiger partial charge in [-0.2, -0.15) is 11.8 Å². The zero-order valence-electron chi connectivity index (χ0n) is 9.76. The van der Waals surface area contributed by atoms with E-state index in [-0.39, 0.29) is 0 Å². The second-order valence-electron chi connectivity index (χ2n) is 4.43. The van der Waals surface area contributed by atoms with Crippen LogP contribution in [-0.4, -0.2) is 23.6 Å². The Kier molecular flexibility index (Phi) is 7.87. The molecule has 0 aromatic heterocycles. The first-order valence-electron chi connectivity index (χ1n) is 5.37. The molecule has 0 bridgehead atoms. The Bertz CT molecular complexity index is 113. The van der Waals surface area contributed by atoms with Crippen molar-refractivity contribution in [2.75, 3.05) is 12.3 Å². The molecule has 0 aliphatic heterocycles. The number of nitrogens with one attached hydrogen (secondary N) is 1. The van der Waals surface area contributed by atoms with Gasteiger partial charge in [-0.05, 0) is 18.1 Å². The molecule has 2 heteroatoms. The predicted octanol–water partition coefficient (Wildman–Crippen LogP) is 3.15. The summed E-state index contributed by atoms with van der Waals surface area (Å²) in [6.45, 7) is 12.4. The predicted molar refractivity (Wildman–Crippen MR) is 64.5 cm³/mol. The second kappa shape index (κ2) is 7.69. The Balaban J connectivity index is 3.25. The highest BCUT2D eigenvalue weighted by Gasteiger charge is 2.03. The standard InChI is InChI=1S/C11H25NS/c1-9(2)6-7-13-11(5)8-12-10(3)4/h9-12H,6-8H2,1-5H3. The molecule has 0 radical (unpaired) electrons. The second-order valence-corrected chi connectivity index (χ2v) is 5.97. The van der Waals surface area contributed by atoms with Crippen LogP contribution >= 0.6 is 11.8 Å². The molecular weight excluding hydrogens is 178 g/mol. The van der Waals surface area contributed by atoms with Crippen LogP contribution in [0.25, 0.3) is 0 Å². The van der Waals surface area contributed by atoms with Crippen molar-refractivity contribution in [1.82, 2.24) is 5.32 Å². The number of hydrogen-bond acceptors (Lipinski definition) is 2. The minimum absolute atomic E-state index is 0.619. The van der Waals surface area contributed by atoms with Crippen LogP contribution in [0.2, 0.25) is 0 Å². The average Bonchev–Trinajstić information content (AvgIpc) is 2.00. The summed E-state index contributed by atoms with van der Waals surface area (Å²) < 4.78 is 0. The van der Waals surface area contributed by atoms with Crippen LogP contribution in [-0.2, 0) is 0 Å². The van der Waals surface area contributed by atoms with E-state index in [0.29, 0.717) is 6.04 Å². The first kappa shape index (κ1) is 13.3. The van der Waals surface area contributed by atoms with Gasteiger partial charge < -0.3 is 5.32 Å². The summed E-state index contributed by atoms with van der Waals surface area (Å²) >= 11 is 2.08. The largest absolute Gasteiger partial charge is 0.313 e. The van der Waals surface area contributed by atoms with Gasteiger partial charge in [-0.25, -0.2) is 0 Å². The van der Waals surface area contributed by atoms with Crippen molar-refractivity contribution in [2.24, 2.45) is 5.92 Å². The van der Waals surface area contributed by atoms with Gasteiger partial charge in [-0.3, -0.25) is 0 Å². The molecule has 0 spiro atoms. The van der Waals surface area contributed by atoms with Crippen LogP contribution in [0.1, 0.15) is 41.0 Å². The molecule has 0 aliphatic rings. The molecule has 0 rings (SSSR count). The van der Waals surface area contributed by atoms with Crippen LogP contribution in [0.15, 0.2) is 0 Å². The highest BCUT2D eigenvalue weighted by atomic mass is 32.2. The lowest BCUT2D eigenvalue weighted by Gasteiger charge is -2.14. The quantitative estimate of drug-likeness (QED) is 0.682. The summed E-state index contributed by atoms with van der Waals surface area (Å²) in [5, 5.41) is 4.21. The van der Waals surface area contributed by atoms with E-state index in [2.05, 4.69) is 51.7 Å². The van der Waals surface area contributed by atoms with Crippen LogP contribution in [0.5, 0.6) is 0 Å². The molecule has 1 unspecified atom stereocenters. The van der Waals surface area contributed by atoms with E-state index in [0.717, 1.165) is 17.7 Å². The van der Waals surface area contributed by atoms with E-state index in [4.69, 9.17) is 0 Å². The molecule has 0 saturated heterocycles. The number of hydrogen-bond donors (Lipinski definition) is 1. The van der Waals surface area contributed by atoms with Crippen molar-refractivity contribution < 1.29 is 0 Å². The summed E-state index contributed by atoms with van der Waals surface area (Å²) in [6.07, 6.45) is 1.34. The summed E-state index contributed by atoms with van der Waals surface area (Å²) in [7, 11) is 0. The lowest BCUT2D eigenvalue weighted by Crippen LogP contribution is -2.29. The van der Waals surface area contributed by atoms with Crippen molar-refractivity contribution in [2.45, 2.75) is 52.3 Å². The van der Waals surface area contributed by atoms with E-state index >= 15 is 0 Å². The fourth-order valence-electron chi connectivity index (χ4n) is 0.966. The van der Waals surface area contributed by atoms with E-state index in [1.807, 2.05) is 0 Å². The van der Waals surface area contributed by atoms with Gasteiger partial charge >= 0.3 is 0 Å². The zero-order chi connectivity index (χ0) is 10.3. The van der Waals surface area contributed by atoms with Crippen LogP contribution in [0.3, 0.4) is 0 Å². The molecule has 0 heterocycles. The van der Waals surface area contributed by atoms with Gasteiger partial charge in [0.1, 0.15) is 0 Å². The summed E-state index contributed by atoms with van der Waals surface area (Å²) in [5.41, 5.74) is 0. The van der Waals surface area contributed by atoms with E-state index in [1.165, 1.54) is 12.2 Å². The highest BCUT2D eigenvalue weighted by Crippen LogP contribution is 2.14. The maximum Gasteiger partial charge on any atom is 0.0144 e. The Hall–Kier alpha value is 0.310. The van der Waals surface area contributed by atoms with Crippen molar-refractivity contribution >= 4 is 11.8 Å². The molecule has 1 N–H and O–H groups in total. The van der Waals surface area contributed by atoms with Crippen molar-refractivity contribution in [3.8, 4) is 0 Å². The fraction of sp³-hybridized carbons (Fsp3) is 1.00. The van der Waals surface area contributed by atoms with Crippen LogP contribution < -0.4 is 5.32 Å². The highest BCUT2D eigenvalue weighted by molar-refractivity contribution is 7.99. The minimum atomic E-state index is 0.619. The van der Waals surface area contributed by atoms with Gasteiger partial charge in [0.25, 0.3) is 0 Å². The molecule has 0 aliphatic carbocycles. The van der Waals surface area contributed by atoms with E-state index in [1.54, 1.807) is 0 Å². The van der Waals surface area contributed by atoms with Gasteiger partial charge in [0.15, 0.2) is 0 Å². The number of rotatable bonds is 7. The summed E-state index contributed by atoms with van der Waals surface area (Å²) in [5.74, 6) is 2.15. The average molecular weight is 203 g/mol. The van der Waals surface area contributed by atoms with E-state index < -0.39 is 0 Å². The summed E-state index contributed by atoms with van der Waals surface area (Å²) in [4.78, 5) is 0. The van der Waals surface area contributed by atoms with Gasteiger partial charge in [-0.1, -0.05) is 34.6 Å². The molecule has 0 fully saturated rings. The maximum absolute atomic E-state index is 3.46. The molecule has 80 valence electrons. The van der Waals surface area contributed by atoms with Crippen molar-refractivity contribution in [3.05, 3.63) is 0 Å². The zero-order valence-corrected chi connectivity index (χ0v) is 10.6. The topological polar surface area (TPSA) is 12.0 Å². The Morgan fingerprint density at radius 2 is 1.69 bits per heavy atom. The smallest absolute Gasteiger partial charge is 0.0144 e. The van der Waals surface area contributed by atoms with Crippen molar-refractivity contribution in [1.29, 1.82) is 0 Å². The molecule has 1 atom stereocenters. The molecule has 0 aromatic rings. The van der Waals surface area contributed by atoms with Gasteiger partial charge in [0.05, 0.1) is 0 Å². The SMILES string of the molecule is CC(C)CCSC(C)CNC(C)C. The van der Waals surface area contributed by atoms with Crippen molar-refractivity contribution in [3.63, 3.8) is 0 Å². The normalized spacial score (nSPS) is 14.1. The van der Waals surface area contributed by atoms with Gasteiger partial charge in [-0.15, -0.1) is 0 Å². The van der Waals surface area contributed by atoms with E-state index in [9.17, 15) is 0 Å². The number of thioether (sulfide) groups is 1.